The van der Waals surface area contributed by atoms with Crippen LogP contribution in [0.3, 0.4) is 0 Å². The lowest BCUT2D eigenvalue weighted by Gasteiger charge is -2.11. The van der Waals surface area contributed by atoms with Crippen molar-refractivity contribution < 1.29 is 8.83 Å². The molecule has 8 aromatic carbocycles. The Labute approximate surface area is 285 Å². The van der Waals surface area contributed by atoms with Crippen molar-refractivity contribution in [2.75, 3.05) is 0 Å². The zero-order valence-corrected chi connectivity index (χ0v) is 26.6. The van der Waals surface area contributed by atoms with E-state index in [1.54, 1.807) is 0 Å². The molecule has 0 N–H and O–H groups in total. The highest BCUT2D eigenvalue weighted by atomic mass is 16.3. The molecule has 3 aromatic heterocycles. The molecule has 50 heavy (non-hydrogen) atoms. The lowest BCUT2D eigenvalue weighted by atomic mass is 9.99. The van der Waals surface area contributed by atoms with Crippen LogP contribution in [0.25, 0.3) is 110 Å². The number of hydrogen-bond acceptors (Lipinski definition) is 5. The second-order valence-corrected chi connectivity index (χ2v) is 12.8. The molecule has 3 heterocycles. The minimum atomic E-state index is 0.591. The molecule has 0 radical (unpaired) electrons. The van der Waals surface area contributed by atoms with Gasteiger partial charge in [0.15, 0.2) is 17.5 Å². The quantitative estimate of drug-likeness (QED) is 0.180. The lowest BCUT2D eigenvalue weighted by molar-refractivity contribution is 0.669. The first-order chi connectivity index (χ1) is 24.7. The van der Waals surface area contributed by atoms with Gasteiger partial charge in [0.1, 0.15) is 22.3 Å². The van der Waals surface area contributed by atoms with Gasteiger partial charge < -0.3 is 8.83 Å². The van der Waals surface area contributed by atoms with E-state index in [2.05, 4.69) is 103 Å². The van der Waals surface area contributed by atoms with Crippen LogP contribution in [0.5, 0.6) is 0 Å². The van der Waals surface area contributed by atoms with Crippen LogP contribution in [0, 0.1) is 0 Å². The van der Waals surface area contributed by atoms with E-state index in [4.69, 9.17) is 23.8 Å². The maximum absolute atomic E-state index is 6.26. The molecular weight excluding hydrogens is 615 g/mol. The Kier molecular flexibility index (Phi) is 5.60. The van der Waals surface area contributed by atoms with Gasteiger partial charge in [-0.05, 0) is 74.8 Å². The average Bonchev–Trinajstić information content (AvgIpc) is 3.74. The topological polar surface area (TPSA) is 65.0 Å². The maximum Gasteiger partial charge on any atom is 0.164 e. The van der Waals surface area contributed by atoms with Gasteiger partial charge in [-0.25, -0.2) is 15.0 Å². The Balaban J connectivity index is 1.16. The normalized spacial score (nSPS) is 12.0. The Morgan fingerprint density at radius 3 is 1.76 bits per heavy atom. The first-order valence-electron chi connectivity index (χ1n) is 16.7. The van der Waals surface area contributed by atoms with Crippen LogP contribution in [0.1, 0.15) is 0 Å². The molecule has 5 heteroatoms. The summed E-state index contributed by atoms with van der Waals surface area (Å²) in [4.78, 5) is 15.5. The van der Waals surface area contributed by atoms with Crippen LogP contribution in [-0.2, 0) is 0 Å². The van der Waals surface area contributed by atoms with Gasteiger partial charge in [0.2, 0.25) is 0 Å². The van der Waals surface area contributed by atoms with Crippen molar-refractivity contribution in [2.24, 2.45) is 0 Å². The van der Waals surface area contributed by atoms with Crippen LogP contribution in [-0.4, -0.2) is 15.0 Å². The summed E-state index contributed by atoms with van der Waals surface area (Å²) < 4.78 is 12.5. The summed E-state index contributed by atoms with van der Waals surface area (Å²) in [5, 5.41) is 11.1. The van der Waals surface area contributed by atoms with Crippen LogP contribution in [0.4, 0.5) is 0 Å². The van der Waals surface area contributed by atoms with E-state index in [0.29, 0.717) is 17.5 Å². The van der Waals surface area contributed by atoms with Gasteiger partial charge in [-0.3, -0.25) is 0 Å². The third-order valence-electron chi connectivity index (χ3n) is 9.88. The predicted octanol–water partition coefficient (Wildman–Crippen LogP) is 12.1. The van der Waals surface area contributed by atoms with E-state index in [1.807, 2.05) is 48.5 Å². The van der Waals surface area contributed by atoms with Crippen LogP contribution in [0.2, 0.25) is 0 Å². The van der Waals surface area contributed by atoms with E-state index < -0.39 is 0 Å². The number of hydrogen-bond donors (Lipinski definition) is 0. The Bertz CT molecular complexity index is 3170. The molecule has 0 fully saturated rings. The summed E-state index contributed by atoms with van der Waals surface area (Å²) in [7, 11) is 0. The Hall–Kier alpha value is -6.85. The summed E-state index contributed by atoms with van der Waals surface area (Å²) in [6, 6.07) is 52.3. The molecular formula is C45H25N3O2. The molecule has 0 bridgehead atoms. The van der Waals surface area contributed by atoms with Crippen molar-refractivity contribution >= 4 is 76.2 Å². The van der Waals surface area contributed by atoms with Crippen molar-refractivity contribution in [3.05, 3.63) is 152 Å². The Morgan fingerprint density at radius 1 is 0.320 bits per heavy atom. The van der Waals surface area contributed by atoms with E-state index >= 15 is 0 Å². The first-order valence-corrected chi connectivity index (χ1v) is 16.7. The molecule has 0 atom stereocenters. The molecule has 0 unspecified atom stereocenters. The van der Waals surface area contributed by atoms with Crippen molar-refractivity contribution in [2.45, 2.75) is 0 Å². The highest BCUT2D eigenvalue weighted by Crippen LogP contribution is 2.38. The summed E-state index contributed by atoms with van der Waals surface area (Å²) in [6.45, 7) is 0. The largest absolute Gasteiger partial charge is 0.456 e. The average molecular weight is 640 g/mol. The van der Waals surface area contributed by atoms with E-state index in [-0.39, 0.29) is 0 Å². The van der Waals surface area contributed by atoms with Crippen LogP contribution >= 0.6 is 0 Å². The zero-order chi connectivity index (χ0) is 32.8. The zero-order valence-electron chi connectivity index (χ0n) is 26.6. The van der Waals surface area contributed by atoms with Crippen molar-refractivity contribution in [3.8, 4) is 34.2 Å². The summed E-state index contributed by atoms with van der Waals surface area (Å²) in [6.07, 6.45) is 0. The fourth-order valence-corrected chi connectivity index (χ4v) is 7.46. The standard InChI is InChI=1S/C45H25N3O2/c1-2-9-32-26(8-1)16-17-27-18-20-30(24-36(27)32)44-46-43(47-45(48-44)35-12-7-15-40-42(35)34-11-4-6-14-39(34)49-40)29-21-19-28-23-37-33-10-3-5-13-38(33)50-41(37)25-31(28)22-29/h1-25H. The van der Waals surface area contributed by atoms with E-state index in [1.165, 1.54) is 16.2 Å². The first kappa shape index (κ1) is 27.1. The molecule has 0 aliphatic rings. The second kappa shape index (κ2) is 10.3. The summed E-state index contributed by atoms with van der Waals surface area (Å²) >= 11 is 0. The molecule has 0 saturated heterocycles. The minimum Gasteiger partial charge on any atom is -0.456 e. The molecule has 0 amide bonds. The number of benzene rings is 8. The third kappa shape index (κ3) is 4.10. The van der Waals surface area contributed by atoms with Gasteiger partial charge in [-0.1, -0.05) is 109 Å². The highest BCUT2D eigenvalue weighted by Gasteiger charge is 2.19. The van der Waals surface area contributed by atoms with Crippen LogP contribution < -0.4 is 0 Å². The van der Waals surface area contributed by atoms with Gasteiger partial charge in [0.25, 0.3) is 0 Å². The highest BCUT2D eigenvalue weighted by molar-refractivity contribution is 6.13. The molecule has 11 aromatic rings. The van der Waals surface area contributed by atoms with E-state index in [0.717, 1.165) is 76.7 Å². The molecule has 11 rings (SSSR count). The molecule has 0 aliphatic heterocycles. The third-order valence-corrected chi connectivity index (χ3v) is 9.88. The fraction of sp³-hybridized carbons (Fsp3) is 0. The maximum atomic E-state index is 6.26. The van der Waals surface area contributed by atoms with Gasteiger partial charge in [0, 0.05) is 38.2 Å². The fourth-order valence-electron chi connectivity index (χ4n) is 7.46. The van der Waals surface area contributed by atoms with Gasteiger partial charge in [0.05, 0.1) is 0 Å². The number of para-hydroxylation sites is 2. The molecule has 5 nitrogen and oxygen atoms in total. The molecule has 0 aliphatic carbocycles. The van der Waals surface area contributed by atoms with Gasteiger partial charge >= 0.3 is 0 Å². The minimum absolute atomic E-state index is 0.591. The molecule has 232 valence electrons. The second-order valence-electron chi connectivity index (χ2n) is 12.8. The predicted molar refractivity (Wildman–Crippen MR) is 203 cm³/mol. The van der Waals surface area contributed by atoms with E-state index in [9.17, 15) is 0 Å². The van der Waals surface area contributed by atoms with Gasteiger partial charge in [-0.2, -0.15) is 0 Å². The monoisotopic (exact) mass is 639 g/mol. The molecule has 0 spiro atoms. The number of nitrogens with zero attached hydrogens (tertiary/aromatic N) is 3. The smallest absolute Gasteiger partial charge is 0.164 e. The summed E-state index contributed by atoms with van der Waals surface area (Å²) in [5.41, 5.74) is 6.08. The van der Waals surface area contributed by atoms with Crippen molar-refractivity contribution in [1.82, 2.24) is 15.0 Å². The number of furan rings is 2. The van der Waals surface area contributed by atoms with Crippen LogP contribution in [0.15, 0.2) is 160 Å². The Morgan fingerprint density at radius 2 is 0.920 bits per heavy atom. The lowest BCUT2D eigenvalue weighted by Crippen LogP contribution is -2.00. The number of fused-ring (bicyclic) bond motifs is 10. The number of aromatic nitrogens is 3. The van der Waals surface area contributed by atoms with Crippen molar-refractivity contribution in [1.29, 1.82) is 0 Å². The summed E-state index contributed by atoms with van der Waals surface area (Å²) in [5.74, 6) is 1.80. The van der Waals surface area contributed by atoms with Crippen molar-refractivity contribution in [3.63, 3.8) is 0 Å². The molecule has 0 saturated carbocycles. The number of rotatable bonds is 3. The SMILES string of the molecule is c1ccc2c(c1)ccc1ccc(-c3nc(-c4ccc5cc6c(cc5c4)oc4ccccc46)nc(-c4cccc5oc6ccccc6c45)n3)cc12. The van der Waals surface area contributed by atoms with Gasteiger partial charge in [-0.15, -0.1) is 0 Å².